The van der Waals surface area contributed by atoms with E-state index < -0.39 is 5.97 Å². The van der Waals surface area contributed by atoms with Crippen LogP contribution in [0.15, 0.2) is 24.3 Å². The Morgan fingerprint density at radius 3 is 3.07 bits per heavy atom. The summed E-state index contributed by atoms with van der Waals surface area (Å²) in [5.74, 6) is -0.900. The number of rotatable bonds is 2. The monoisotopic (exact) mass is 190 g/mol. The molecule has 1 aromatic rings. The molecule has 1 N–H and O–H groups in total. The summed E-state index contributed by atoms with van der Waals surface area (Å²) >= 11 is 0. The van der Waals surface area contributed by atoms with Gasteiger partial charge in [-0.15, -0.1) is 0 Å². The first kappa shape index (κ1) is 9.06. The van der Waals surface area contributed by atoms with Gasteiger partial charge in [0.2, 0.25) is 0 Å². The molecule has 0 spiro atoms. The van der Waals surface area contributed by atoms with Crippen molar-refractivity contribution in [2.45, 2.75) is 6.42 Å². The molecule has 3 heteroatoms. The molecule has 3 nitrogen and oxygen atoms in total. The zero-order valence-electron chi connectivity index (χ0n) is 7.81. The largest absolute Gasteiger partial charge is 0.481 e. The topological polar surface area (TPSA) is 40.5 Å². The van der Waals surface area contributed by atoms with Crippen molar-refractivity contribution in [2.24, 2.45) is 5.92 Å². The van der Waals surface area contributed by atoms with Crippen molar-refractivity contribution < 1.29 is 9.90 Å². The third kappa shape index (κ3) is 1.71. The molecule has 2 rings (SSSR count). The Labute approximate surface area is 83.0 Å². The van der Waals surface area contributed by atoms with Crippen molar-refractivity contribution in [3.63, 3.8) is 0 Å². The average molecular weight is 190 g/mol. The zero-order valence-corrected chi connectivity index (χ0v) is 7.81. The predicted octanol–water partition coefficient (Wildman–Crippen LogP) is 1.40. The van der Waals surface area contributed by atoms with E-state index in [4.69, 9.17) is 5.11 Å². The summed E-state index contributed by atoms with van der Waals surface area (Å²) in [7, 11) is 0. The number of nitrogens with zero attached hydrogens (tertiary/aromatic N) is 1. The maximum Gasteiger partial charge on any atom is 0.308 e. The Morgan fingerprint density at radius 1 is 1.64 bits per heavy atom. The average Bonchev–Trinajstić information content (AvgIpc) is 2.68. The maximum atomic E-state index is 10.7. The molecule has 1 saturated heterocycles. The highest BCUT2D eigenvalue weighted by molar-refractivity contribution is 5.72. The fourth-order valence-corrected chi connectivity index (χ4v) is 1.78. The second-order valence-electron chi connectivity index (χ2n) is 3.53. The number of anilines is 1. The van der Waals surface area contributed by atoms with Gasteiger partial charge in [0.05, 0.1) is 5.92 Å². The minimum absolute atomic E-state index is 0.213. The van der Waals surface area contributed by atoms with Crippen LogP contribution in [0.1, 0.15) is 6.42 Å². The summed E-state index contributed by atoms with van der Waals surface area (Å²) in [4.78, 5) is 12.8. The normalized spacial score (nSPS) is 21.1. The minimum Gasteiger partial charge on any atom is -0.481 e. The number of benzene rings is 1. The highest BCUT2D eigenvalue weighted by Crippen LogP contribution is 2.23. The lowest BCUT2D eigenvalue weighted by atomic mass is 10.1. The molecule has 1 aliphatic rings. The Bertz CT molecular complexity index is 323. The van der Waals surface area contributed by atoms with Crippen LogP contribution in [0.4, 0.5) is 5.69 Å². The van der Waals surface area contributed by atoms with Gasteiger partial charge in [0.1, 0.15) is 0 Å². The third-order valence-corrected chi connectivity index (χ3v) is 2.59. The summed E-state index contributed by atoms with van der Waals surface area (Å²) in [6.07, 6.45) is 0.740. The van der Waals surface area contributed by atoms with Gasteiger partial charge >= 0.3 is 5.97 Å². The molecule has 1 heterocycles. The standard InChI is InChI=1S/C11H12NO2/c13-11(14)9-6-7-12(8-9)10-4-2-1-3-5-10/h1-2,4-5,9H,6-8H2,(H,13,14). The molecule has 1 radical (unpaired) electrons. The Kier molecular flexibility index (Phi) is 2.39. The lowest BCUT2D eigenvalue weighted by Gasteiger charge is -2.17. The molecule has 1 aliphatic heterocycles. The number of aliphatic carboxylic acids is 1. The van der Waals surface area contributed by atoms with Gasteiger partial charge < -0.3 is 10.0 Å². The van der Waals surface area contributed by atoms with E-state index in [9.17, 15) is 4.79 Å². The van der Waals surface area contributed by atoms with Gasteiger partial charge in [-0.1, -0.05) is 12.1 Å². The van der Waals surface area contributed by atoms with Crippen molar-refractivity contribution in [3.05, 3.63) is 30.3 Å². The fraction of sp³-hybridized carbons (Fsp3) is 0.364. The molecule has 1 fully saturated rings. The lowest BCUT2D eigenvalue weighted by Crippen LogP contribution is -2.22. The summed E-state index contributed by atoms with van der Waals surface area (Å²) in [5, 5.41) is 8.84. The van der Waals surface area contributed by atoms with Crippen molar-refractivity contribution in [2.75, 3.05) is 18.0 Å². The van der Waals surface area contributed by atoms with Crippen LogP contribution < -0.4 is 4.90 Å². The van der Waals surface area contributed by atoms with Crippen molar-refractivity contribution in [1.29, 1.82) is 0 Å². The second-order valence-corrected chi connectivity index (χ2v) is 3.53. The Morgan fingerprint density at radius 2 is 2.50 bits per heavy atom. The summed E-state index contributed by atoms with van der Waals surface area (Å²) < 4.78 is 0. The van der Waals surface area contributed by atoms with E-state index in [0.717, 1.165) is 18.7 Å². The van der Waals surface area contributed by atoms with E-state index in [1.165, 1.54) is 0 Å². The van der Waals surface area contributed by atoms with Crippen LogP contribution in [-0.2, 0) is 4.79 Å². The van der Waals surface area contributed by atoms with E-state index in [1.807, 2.05) is 24.3 Å². The van der Waals surface area contributed by atoms with Crippen LogP contribution in [0.3, 0.4) is 0 Å². The van der Waals surface area contributed by atoms with Gasteiger partial charge in [0, 0.05) is 18.8 Å². The molecule has 0 aromatic heterocycles. The van der Waals surface area contributed by atoms with Crippen molar-refractivity contribution in [1.82, 2.24) is 0 Å². The first-order chi connectivity index (χ1) is 6.77. The van der Waals surface area contributed by atoms with E-state index >= 15 is 0 Å². The molecule has 0 bridgehead atoms. The van der Waals surface area contributed by atoms with Gasteiger partial charge in [0.15, 0.2) is 0 Å². The summed E-state index contributed by atoms with van der Waals surface area (Å²) in [6, 6.07) is 10.6. The molecule has 1 unspecified atom stereocenters. The Hall–Kier alpha value is -1.51. The molecular weight excluding hydrogens is 178 g/mol. The van der Waals surface area contributed by atoms with E-state index in [2.05, 4.69) is 11.0 Å². The summed E-state index contributed by atoms with van der Waals surface area (Å²) in [5.41, 5.74) is 1.07. The van der Waals surface area contributed by atoms with E-state index in [-0.39, 0.29) is 5.92 Å². The number of carbonyl (C=O) groups is 1. The fourth-order valence-electron chi connectivity index (χ4n) is 1.78. The first-order valence-corrected chi connectivity index (χ1v) is 4.71. The summed E-state index contributed by atoms with van der Waals surface area (Å²) in [6.45, 7) is 1.45. The van der Waals surface area contributed by atoms with E-state index in [1.54, 1.807) is 0 Å². The van der Waals surface area contributed by atoms with Gasteiger partial charge in [-0.25, -0.2) is 0 Å². The van der Waals surface area contributed by atoms with Gasteiger partial charge in [-0.05, 0) is 24.6 Å². The van der Waals surface area contributed by atoms with Crippen LogP contribution in [-0.4, -0.2) is 24.2 Å². The molecule has 1 aromatic carbocycles. The molecule has 73 valence electrons. The highest BCUT2D eigenvalue weighted by Gasteiger charge is 2.27. The molecule has 14 heavy (non-hydrogen) atoms. The van der Waals surface area contributed by atoms with Crippen LogP contribution in [0.5, 0.6) is 0 Å². The smallest absolute Gasteiger partial charge is 0.308 e. The van der Waals surface area contributed by atoms with Gasteiger partial charge in [-0.3, -0.25) is 4.79 Å². The van der Waals surface area contributed by atoms with E-state index in [0.29, 0.717) is 6.54 Å². The zero-order chi connectivity index (χ0) is 9.97. The maximum absolute atomic E-state index is 10.7. The number of hydrogen-bond acceptors (Lipinski definition) is 2. The molecule has 0 aliphatic carbocycles. The lowest BCUT2D eigenvalue weighted by molar-refractivity contribution is -0.140. The number of hydrogen-bond donors (Lipinski definition) is 1. The van der Waals surface area contributed by atoms with Crippen LogP contribution >= 0.6 is 0 Å². The van der Waals surface area contributed by atoms with Crippen LogP contribution in [0, 0.1) is 12.0 Å². The van der Waals surface area contributed by atoms with Crippen LogP contribution in [0.25, 0.3) is 0 Å². The van der Waals surface area contributed by atoms with Crippen LogP contribution in [0.2, 0.25) is 0 Å². The van der Waals surface area contributed by atoms with Crippen molar-refractivity contribution in [3.8, 4) is 0 Å². The predicted molar refractivity (Wildman–Crippen MR) is 53.2 cm³/mol. The highest BCUT2D eigenvalue weighted by atomic mass is 16.4. The third-order valence-electron chi connectivity index (χ3n) is 2.59. The molecule has 0 saturated carbocycles. The van der Waals surface area contributed by atoms with Gasteiger partial charge in [0.25, 0.3) is 0 Å². The second kappa shape index (κ2) is 3.70. The molecular formula is C11H12NO2. The van der Waals surface area contributed by atoms with Crippen molar-refractivity contribution >= 4 is 11.7 Å². The van der Waals surface area contributed by atoms with Gasteiger partial charge in [-0.2, -0.15) is 0 Å². The first-order valence-electron chi connectivity index (χ1n) is 4.71. The minimum atomic E-state index is -0.688. The quantitative estimate of drug-likeness (QED) is 0.766. The number of carboxylic acids is 1. The molecule has 0 amide bonds. The SMILES string of the molecule is O=C(O)C1CCN(c2c[c]ccc2)C1. The number of carboxylic acid groups (broad SMARTS) is 1. The Balaban J connectivity index is 2.06. The molecule has 1 atom stereocenters.